The van der Waals surface area contributed by atoms with Gasteiger partial charge in [-0.3, -0.25) is 4.98 Å². The normalized spacial score (nSPS) is 9.56. The first-order chi connectivity index (χ1) is 7.56. The van der Waals surface area contributed by atoms with Crippen molar-refractivity contribution in [3.63, 3.8) is 0 Å². The van der Waals surface area contributed by atoms with Crippen LogP contribution < -0.4 is 4.74 Å². The summed E-state index contributed by atoms with van der Waals surface area (Å²) in [7, 11) is 0. The van der Waals surface area contributed by atoms with E-state index in [0.29, 0.717) is 24.5 Å². The number of carboxylic acids is 1. The Labute approximate surface area is 94.3 Å². The van der Waals surface area contributed by atoms with Crippen LogP contribution in [0.15, 0.2) is 6.07 Å². The van der Waals surface area contributed by atoms with Crippen molar-refractivity contribution in [2.75, 3.05) is 6.61 Å². The van der Waals surface area contributed by atoms with Gasteiger partial charge in [-0.25, -0.2) is 4.79 Å². The van der Waals surface area contributed by atoms with Crippen LogP contribution in [0, 0.1) is 26.2 Å². The Kier molecular flexibility index (Phi) is 3.90. The Morgan fingerprint density at radius 3 is 2.88 bits per heavy atom. The first kappa shape index (κ1) is 12.1. The van der Waals surface area contributed by atoms with Crippen molar-refractivity contribution < 1.29 is 14.6 Å². The van der Waals surface area contributed by atoms with Crippen LogP contribution in [0.25, 0.3) is 0 Å². The van der Waals surface area contributed by atoms with Gasteiger partial charge in [0, 0.05) is 18.2 Å². The summed E-state index contributed by atoms with van der Waals surface area (Å²) in [6.45, 7) is 3.73. The van der Waals surface area contributed by atoms with Crippen molar-refractivity contribution in [3.05, 3.63) is 23.0 Å². The molecule has 4 nitrogen and oxygen atoms in total. The molecule has 0 spiro atoms. The van der Waals surface area contributed by atoms with E-state index in [1.807, 2.05) is 0 Å². The molecule has 0 unspecified atom stereocenters. The van der Waals surface area contributed by atoms with Gasteiger partial charge >= 0.3 is 5.97 Å². The molecular formula is C12H13NO3. The Hall–Kier alpha value is -2.02. The highest BCUT2D eigenvalue weighted by molar-refractivity contribution is 5.92. The van der Waals surface area contributed by atoms with E-state index in [-0.39, 0.29) is 5.56 Å². The van der Waals surface area contributed by atoms with Gasteiger partial charge < -0.3 is 9.84 Å². The minimum Gasteiger partial charge on any atom is -0.492 e. The molecule has 84 valence electrons. The van der Waals surface area contributed by atoms with Gasteiger partial charge in [0.25, 0.3) is 0 Å². The van der Waals surface area contributed by atoms with Crippen LogP contribution in [0.5, 0.6) is 5.75 Å². The smallest absolute Gasteiger partial charge is 0.341 e. The fraction of sp³-hybridized carbons (Fsp3) is 0.333. The highest BCUT2D eigenvalue weighted by Crippen LogP contribution is 2.22. The molecule has 0 fully saturated rings. The molecule has 0 radical (unpaired) electrons. The van der Waals surface area contributed by atoms with Gasteiger partial charge in [-0.2, -0.15) is 0 Å². The van der Waals surface area contributed by atoms with E-state index in [0.717, 1.165) is 5.69 Å². The van der Waals surface area contributed by atoms with Gasteiger partial charge in [-0.15, -0.1) is 12.3 Å². The lowest BCUT2D eigenvalue weighted by Gasteiger charge is -2.10. The number of hydrogen-bond acceptors (Lipinski definition) is 3. The summed E-state index contributed by atoms with van der Waals surface area (Å²) in [6.07, 6.45) is 5.54. The van der Waals surface area contributed by atoms with Gasteiger partial charge in [0.2, 0.25) is 0 Å². The highest BCUT2D eigenvalue weighted by atomic mass is 16.5. The lowest BCUT2D eigenvalue weighted by molar-refractivity contribution is 0.0691. The second-order valence-electron chi connectivity index (χ2n) is 3.33. The van der Waals surface area contributed by atoms with Crippen LogP contribution in [-0.4, -0.2) is 22.7 Å². The topological polar surface area (TPSA) is 59.4 Å². The Morgan fingerprint density at radius 2 is 2.31 bits per heavy atom. The summed E-state index contributed by atoms with van der Waals surface area (Å²) in [5.41, 5.74) is 1.27. The van der Waals surface area contributed by atoms with Gasteiger partial charge in [0.15, 0.2) is 0 Å². The third-order valence-electron chi connectivity index (χ3n) is 2.01. The molecule has 0 saturated heterocycles. The number of rotatable bonds is 4. The van der Waals surface area contributed by atoms with Gasteiger partial charge in [0.05, 0.1) is 12.3 Å². The van der Waals surface area contributed by atoms with Gasteiger partial charge in [0.1, 0.15) is 11.3 Å². The van der Waals surface area contributed by atoms with E-state index >= 15 is 0 Å². The van der Waals surface area contributed by atoms with E-state index < -0.39 is 5.97 Å². The van der Waals surface area contributed by atoms with Crippen molar-refractivity contribution in [1.29, 1.82) is 0 Å². The Balaban J connectivity index is 3.05. The fourth-order valence-corrected chi connectivity index (χ4v) is 1.39. The number of terminal acetylenes is 1. The molecule has 0 aliphatic heterocycles. The Morgan fingerprint density at radius 1 is 1.62 bits per heavy atom. The number of nitrogens with zero attached hydrogens (tertiary/aromatic N) is 1. The number of aromatic nitrogens is 1. The number of pyridine rings is 1. The molecule has 4 heteroatoms. The SMILES string of the molecule is C#CCCOc1cc(C)nc(C)c1C(=O)O. The van der Waals surface area contributed by atoms with Gasteiger partial charge in [-0.05, 0) is 13.8 Å². The Bertz CT molecular complexity index is 446. The average Bonchev–Trinajstić information content (AvgIpc) is 2.16. The zero-order chi connectivity index (χ0) is 12.1. The molecule has 0 atom stereocenters. The zero-order valence-corrected chi connectivity index (χ0v) is 9.28. The first-order valence-electron chi connectivity index (χ1n) is 4.84. The maximum absolute atomic E-state index is 11.0. The average molecular weight is 219 g/mol. The molecule has 0 aliphatic rings. The molecule has 1 aromatic rings. The van der Waals surface area contributed by atoms with Crippen LogP contribution >= 0.6 is 0 Å². The van der Waals surface area contributed by atoms with Crippen molar-refractivity contribution in [2.45, 2.75) is 20.3 Å². The first-order valence-corrected chi connectivity index (χ1v) is 4.84. The van der Waals surface area contributed by atoms with E-state index in [2.05, 4.69) is 10.9 Å². The number of hydrogen-bond donors (Lipinski definition) is 1. The molecule has 0 bridgehead atoms. The summed E-state index contributed by atoms with van der Waals surface area (Å²) in [5, 5.41) is 9.03. The summed E-state index contributed by atoms with van der Waals surface area (Å²) >= 11 is 0. The van der Waals surface area contributed by atoms with Crippen LogP contribution in [0.2, 0.25) is 0 Å². The maximum Gasteiger partial charge on any atom is 0.341 e. The summed E-state index contributed by atoms with van der Waals surface area (Å²) in [4.78, 5) is 15.1. The van der Waals surface area contributed by atoms with Crippen molar-refractivity contribution >= 4 is 5.97 Å². The van der Waals surface area contributed by atoms with Crippen molar-refractivity contribution in [2.24, 2.45) is 0 Å². The molecule has 0 amide bonds. The molecule has 0 aromatic carbocycles. The predicted molar refractivity (Wildman–Crippen MR) is 59.6 cm³/mol. The van der Waals surface area contributed by atoms with Crippen LogP contribution in [0.3, 0.4) is 0 Å². The second-order valence-corrected chi connectivity index (χ2v) is 3.33. The minimum atomic E-state index is -1.04. The van der Waals surface area contributed by atoms with Crippen LogP contribution in [0.4, 0.5) is 0 Å². The number of aromatic carboxylic acids is 1. The molecular weight excluding hydrogens is 206 g/mol. The molecule has 1 rings (SSSR count). The quantitative estimate of drug-likeness (QED) is 0.619. The summed E-state index contributed by atoms with van der Waals surface area (Å²) in [6, 6.07) is 1.60. The molecule has 1 N–H and O–H groups in total. The standard InChI is InChI=1S/C12H13NO3/c1-4-5-6-16-10-7-8(2)13-9(3)11(10)12(14)15/h1,7H,5-6H2,2-3H3,(H,14,15). The fourth-order valence-electron chi connectivity index (χ4n) is 1.39. The van der Waals surface area contributed by atoms with E-state index in [4.69, 9.17) is 16.3 Å². The van der Waals surface area contributed by atoms with E-state index in [1.165, 1.54) is 0 Å². The number of aryl methyl sites for hydroxylation is 2. The van der Waals surface area contributed by atoms with Crippen LogP contribution in [-0.2, 0) is 0 Å². The predicted octanol–water partition coefficient (Wildman–Crippen LogP) is 1.80. The summed E-state index contributed by atoms with van der Waals surface area (Å²) in [5.74, 6) is 1.71. The van der Waals surface area contributed by atoms with Crippen LogP contribution in [0.1, 0.15) is 28.2 Å². The van der Waals surface area contributed by atoms with Crippen molar-refractivity contribution in [1.82, 2.24) is 4.98 Å². The molecule has 16 heavy (non-hydrogen) atoms. The molecule has 1 heterocycles. The van der Waals surface area contributed by atoms with E-state index in [1.54, 1.807) is 19.9 Å². The minimum absolute atomic E-state index is 0.0996. The largest absolute Gasteiger partial charge is 0.492 e. The third-order valence-corrected chi connectivity index (χ3v) is 2.01. The third kappa shape index (κ3) is 2.74. The zero-order valence-electron chi connectivity index (χ0n) is 9.28. The second kappa shape index (κ2) is 5.17. The van der Waals surface area contributed by atoms with Crippen molar-refractivity contribution in [3.8, 4) is 18.1 Å². The lowest BCUT2D eigenvalue weighted by atomic mass is 10.1. The molecule has 1 aromatic heterocycles. The number of carbonyl (C=O) groups is 1. The molecule has 0 aliphatic carbocycles. The molecule has 0 saturated carbocycles. The number of ether oxygens (including phenoxy) is 1. The summed E-state index contributed by atoms with van der Waals surface area (Å²) < 4.78 is 5.34. The number of carboxylic acid groups (broad SMARTS) is 1. The monoisotopic (exact) mass is 219 g/mol. The van der Waals surface area contributed by atoms with E-state index in [9.17, 15) is 4.79 Å². The van der Waals surface area contributed by atoms with Gasteiger partial charge in [-0.1, -0.05) is 0 Å². The lowest BCUT2D eigenvalue weighted by Crippen LogP contribution is -2.08. The highest BCUT2D eigenvalue weighted by Gasteiger charge is 2.16. The maximum atomic E-state index is 11.0.